The van der Waals surface area contributed by atoms with E-state index in [1.807, 2.05) is 32.0 Å². The van der Waals surface area contributed by atoms with Crippen molar-refractivity contribution in [2.45, 2.75) is 91.6 Å². The van der Waals surface area contributed by atoms with Crippen LogP contribution in [0.4, 0.5) is 0 Å². The van der Waals surface area contributed by atoms with E-state index < -0.39 is 0 Å². The van der Waals surface area contributed by atoms with Crippen LogP contribution in [-0.4, -0.2) is 25.3 Å². The number of carbonyl (C=O) groups is 1. The van der Waals surface area contributed by atoms with Crippen LogP contribution < -0.4 is 9.47 Å². The zero-order valence-electron chi connectivity index (χ0n) is 18.9. The largest absolute Gasteiger partial charge is 0.490 e. The predicted octanol–water partition coefficient (Wildman–Crippen LogP) is 6.96. The van der Waals surface area contributed by atoms with Crippen LogP contribution in [0.15, 0.2) is 24.3 Å². The maximum absolute atomic E-state index is 11.9. The van der Waals surface area contributed by atoms with Crippen LogP contribution >= 0.6 is 0 Å². The summed E-state index contributed by atoms with van der Waals surface area (Å²) in [6, 6.07) is 5.81. The highest BCUT2D eigenvalue weighted by Gasteiger charge is 2.08. The molecule has 29 heavy (non-hydrogen) atoms. The lowest BCUT2D eigenvalue weighted by atomic mass is 10.1. The second-order valence-corrected chi connectivity index (χ2v) is 7.51. The number of ether oxygens (including phenoxy) is 3. The minimum atomic E-state index is -0.322. The Morgan fingerprint density at radius 3 is 2.10 bits per heavy atom. The molecule has 1 aromatic rings. The first-order valence-corrected chi connectivity index (χ1v) is 11.4. The van der Waals surface area contributed by atoms with Gasteiger partial charge in [-0.15, -0.1) is 0 Å². The average molecular weight is 405 g/mol. The number of hydrogen-bond acceptors (Lipinski definition) is 4. The summed E-state index contributed by atoms with van der Waals surface area (Å²) in [5.74, 6) is 1.20. The van der Waals surface area contributed by atoms with Gasteiger partial charge in [0.15, 0.2) is 11.5 Å². The fourth-order valence-electron chi connectivity index (χ4n) is 2.77. The first-order chi connectivity index (χ1) is 14.1. The smallest absolute Gasteiger partial charge is 0.331 e. The molecule has 164 valence electrons. The lowest BCUT2D eigenvalue weighted by Crippen LogP contribution is -2.11. The summed E-state index contributed by atoms with van der Waals surface area (Å²) in [5.41, 5.74) is 0.896. The molecule has 0 aliphatic rings. The molecule has 1 unspecified atom stereocenters. The fourth-order valence-corrected chi connectivity index (χ4v) is 2.77. The van der Waals surface area contributed by atoms with Crippen molar-refractivity contribution in [3.63, 3.8) is 0 Å². The van der Waals surface area contributed by atoms with Crippen molar-refractivity contribution in [3.05, 3.63) is 29.8 Å². The highest BCUT2D eigenvalue weighted by molar-refractivity contribution is 5.87. The van der Waals surface area contributed by atoms with Gasteiger partial charge in [-0.3, -0.25) is 0 Å². The highest BCUT2D eigenvalue weighted by Crippen LogP contribution is 2.29. The van der Waals surface area contributed by atoms with Gasteiger partial charge in [0.1, 0.15) is 0 Å². The van der Waals surface area contributed by atoms with Crippen molar-refractivity contribution < 1.29 is 19.0 Å². The molecule has 0 bridgehead atoms. The van der Waals surface area contributed by atoms with Gasteiger partial charge in [0.2, 0.25) is 0 Å². The Hall–Kier alpha value is -1.97. The zero-order valence-corrected chi connectivity index (χ0v) is 18.9. The second kappa shape index (κ2) is 15.9. The molecule has 0 saturated heterocycles. The maximum Gasteiger partial charge on any atom is 0.331 e. The van der Waals surface area contributed by atoms with Crippen LogP contribution in [0.5, 0.6) is 11.5 Å². The van der Waals surface area contributed by atoms with Gasteiger partial charge < -0.3 is 14.2 Å². The molecule has 1 atom stereocenters. The summed E-state index contributed by atoms with van der Waals surface area (Å²) in [4.78, 5) is 11.9. The normalized spacial score (nSPS) is 12.1. The van der Waals surface area contributed by atoms with Gasteiger partial charge in [-0.1, -0.05) is 65.4 Å². The number of esters is 1. The summed E-state index contributed by atoms with van der Waals surface area (Å²) in [6.45, 7) is 9.66. The summed E-state index contributed by atoms with van der Waals surface area (Å²) in [7, 11) is 0. The molecule has 4 heteroatoms. The molecule has 0 spiro atoms. The fraction of sp³-hybridized carbons (Fsp3) is 0.640. The number of rotatable bonds is 16. The third-order valence-corrected chi connectivity index (χ3v) is 4.78. The molecule has 1 rings (SSSR count). The average Bonchev–Trinajstić information content (AvgIpc) is 2.72. The molecule has 0 radical (unpaired) electrons. The Morgan fingerprint density at radius 1 is 0.897 bits per heavy atom. The minimum Gasteiger partial charge on any atom is -0.490 e. The van der Waals surface area contributed by atoms with Crippen LogP contribution in [0.2, 0.25) is 0 Å². The summed E-state index contributed by atoms with van der Waals surface area (Å²) in [5, 5.41) is 0. The lowest BCUT2D eigenvalue weighted by molar-refractivity contribution is -0.142. The Bertz CT molecular complexity index is 594. The number of benzene rings is 1. The van der Waals surface area contributed by atoms with E-state index in [-0.39, 0.29) is 12.1 Å². The maximum atomic E-state index is 11.9. The van der Waals surface area contributed by atoms with E-state index in [1.54, 1.807) is 6.08 Å². The topological polar surface area (TPSA) is 44.8 Å². The summed E-state index contributed by atoms with van der Waals surface area (Å²) >= 11 is 0. The third-order valence-electron chi connectivity index (χ3n) is 4.78. The number of carbonyl (C=O) groups excluding carboxylic acids is 1. The van der Waals surface area contributed by atoms with Crippen molar-refractivity contribution in [1.82, 2.24) is 0 Å². The van der Waals surface area contributed by atoms with Gasteiger partial charge in [0, 0.05) is 6.08 Å². The van der Waals surface area contributed by atoms with E-state index in [0.29, 0.717) is 13.2 Å². The Balaban J connectivity index is 2.72. The zero-order chi connectivity index (χ0) is 21.3. The molecular weight excluding hydrogens is 364 g/mol. The standard InChI is InChI=1S/C25H40O4/c1-5-8-10-12-18-27-23-16-14-22(15-17-25(26)29-21(4)7-3)20-24(23)28-19-13-11-9-6-2/h14-17,20-21H,5-13,18-19H2,1-4H3. The van der Waals surface area contributed by atoms with Crippen LogP contribution in [0.3, 0.4) is 0 Å². The summed E-state index contributed by atoms with van der Waals surface area (Å²) in [6.07, 6.45) is 13.3. The molecule has 4 nitrogen and oxygen atoms in total. The van der Waals surface area contributed by atoms with Crippen LogP contribution in [0, 0.1) is 0 Å². The van der Waals surface area contributed by atoms with Gasteiger partial charge >= 0.3 is 5.97 Å². The highest BCUT2D eigenvalue weighted by atomic mass is 16.5. The number of hydrogen-bond donors (Lipinski definition) is 0. The van der Waals surface area contributed by atoms with Gasteiger partial charge in [-0.25, -0.2) is 4.79 Å². The minimum absolute atomic E-state index is 0.0716. The lowest BCUT2D eigenvalue weighted by Gasteiger charge is -2.14. The quantitative estimate of drug-likeness (QED) is 0.170. The number of unbranched alkanes of at least 4 members (excludes halogenated alkanes) is 6. The van der Waals surface area contributed by atoms with Crippen molar-refractivity contribution in [2.75, 3.05) is 13.2 Å². The molecule has 0 aliphatic carbocycles. The molecule has 0 aromatic heterocycles. The molecule has 0 aliphatic heterocycles. The monoisotopic (exact) mass is 404 g/mol. The molecule has 0 N–H and O–H groups in total. The van der Waals surface area contributed by atoms with E-state index in [2.05, 4.69) is 13.8 Å². The van der Waals surface area contributed by atoms with Crippen molar-refractivity contribution in [2.24, 2.45) is 0 Å². The SMILES string of the molecule is CCCCCCOc1ccc(C=CC(=O)OC(C)CC)cc1OCCCCCC. The van der Waals surface area contributed by atoms with E-state index in [9.17, 15) is 4.79 Å². The Labute approximate surface area is 177 Å². The van der Waals surface area contributed by atoms with E-state index in [0.717, 1.165) is 36.3 Å². The second-order valence-electron chi connectivity index (χ2n) is 7.51. The van der Waals surface area contributed by atoms with Crippen molar-refractivity contribution in [1.29, 1.82) is 0 Å². The van der Waals surface area contributed by atoms with Gasteiger partial charge in [-0.2, -0.15) is 0 Å². The molecular formula is C25H40O4. The van der Waals surface area contributed by atoms with Gasteiger partial charge in [0.05, 0.1) is 19.3 Å². The van der Waals surface area contributed by atoms with E-state index >= 15 is 0 Å². The van der Waals surface area contributed by atoms with Gasteiger partial charge in [0.25, 0.3) is 0 Å². The Kier molecular flexibility index (Phi) is 13.7. The van der Waals surface area contributed by atoms with E-state index in [1.165, 1.54) is 44.6 Å². The van der Waals surface area contributed by atoms with Crippen LogP contribution in [-0.2, 0) is 9.53 Å². The molecule has 0 heterocycles. The van der Waals surface area contributed by atoms with Crippen molar-refractivity contribution >= 4 is 12.0 Å². The first-order valence-electron chi connectivity index (χ1n) is 11.4. The molecule has 1 aromatic carbocycles. The molecule has 0 amide bonds. The van der Waals surface area contributed by atoms with Crippen LogP contribution in [0.1, 0.15) is 91.0 Å². The third kappa shape index (κ3) is 11.6. The Morgan fingerprint density at radius 2 is 1.52 bits per heavy atom. The first kappa shape index (κ1) is 25.1. The molecule has 0 saturated carbocycles. The van der Waals surface area contributed by atoms with E-state index in [4.69, 9.17) is 14.2 Å². The van der Waals surface area contributed by atoms with Crippen molar-refractivity contribution in [3.8, 4) is 11.5 Å². The molecule has 0 fully saturated rings. The predicted molar refractivity (Wildman–Crippen MR) is 121 cm³/mol. The van der Waals surface area contributed by atoms with Crippen LogP contribution in [0.25, 0.3) is 6.08 Å². The van der Waals surface area contributed by atoms with Gasteiger partial charge in [-0.05, 0) is 50.0 Å². The summed E-state index contributed by atoms with van der Waals surface area (Å²) < 4.78 is 17.3.